The van der Waals surface area contributed by atoms with Gasteiger partial charge < -0.3 is 10.4 Å². The average molecular weight is 381 g/mol. The number of benzene rings is 2. The first-order valence-electron chi connectivity index (χ1n) is 10.3. The zero-order valence-corrected chi connectivity index (χ0v) is 17.0. The molecule has 2 N–H and O–H groups in total. The highest BCUT2D eigenvalue weighted by Gasteiger charge is 2.36. The first kappa shape index (κ1) is 20.6. The molecule has 3 rings (SSSR count). The first-order chi connectivity index (χ1) is 13.5. The van der Waals surface area contributed by atoms with Crippen LogP contribution in [0.2, 0.25) is 0 Å². The molecular weight excluding hydrogens is 348 g/mol. The molecule has 4 nitrogen and oxygen atoms in total. The van der Waals surface area contributed by atoms with Crippen LogP contribution in [0.4, 0.5) is 0 Å². The molecule has 1 aliphatic rings. The maximum Gasteiger partial charge on any atom is 0.251 e. The van der Waals surface area contributed by atoms with Crippen LogP contribution in [0.25, 0.3) is 0 Å². The Bertz CT molecular complexity index is 775. The summed E-state index contributed by atoms with van der Waals surface area (Å²) in [5.41, 5.74) is 2.86. The number of nitrogens with one attached hydrogen (secondary N) is 1. The van der Waals surface area contributed by atoms with Gasteiger partial charge in [0.1, 0.15) is 0 Å². The first-order valence-corrected chi connectivity index (χ1v) is 10.3. The molecule has 0 saturated carbocycles. The van der Waals surface area contributed by atoms with Gasteiger partial charge in [0.05, 0.1) is 6.61 Å². The molecule has 0 aromatic heterocycles. The summed E-state index contributed by atoms with van der Waals surface area (Å²) in [5.74, 6) is 0.424. The molecule has 2 aromatic rings. The van der Waals surface area contributed by atoms with E-state index in [4.69, 9.17) is 0 Å². The maximum atomic E-state index is 12.4. The number of amides is 1. The van der Waals surface area contributed by atoms with Crippen LogP contribution in [0.3, 0.4) is 0 Å². The summed E-state index contributed by atoms with van der Waals surface area (Å²) in [6.07, 6.45) is 2.06. The van der Waals surface area contributed by atoms with Gasteiger partial charge in [0, 0.05) is 30.6 Å². The van der Waals surface area contributed by atoms with Gasteiger partial charge >= 0.3 is 0 Å². The fraction of sp³-hybridized carbons (Fsp3) is 0.458. The van der Waals surface area contributed by atoms with Gasteiger partial charge in [-0.05, 0) is 48.6 Å². The van der Waals surface area contributed by atoms with Crippen molar-refractivity contribution in [3.63, 3.8) is 0 Å². The van der Waals surface area contributed by atoms with Crippen molar-refractivity contribution < 1.29 is 9.90 Å². The smallest absolute Gasteiger partial charge is 0.251 e. The molecule has 1 unspecified atom stereocenters. The standard InChI is InChI=1S/C24H32N2O2/c1-19(2)15-25-23(28)21-9-6-8-20(14-21)16-26-13-7-12-24(17-26,18-27)22-10-4-3-5-11-22/h3-6,8-11,14,19,27H,7,12-13,15-18H2,1-2H3,(H,25,28). The zero-order chi connectivity index (χ0) is 20.0. The van der Waals surface area contributed by atoms with Crippen molar-refractivity contribution in [2.45, 2.75) is 38.6 Å². The summed E-state index contributed by atoms with van der Waals surface area (Å²) < 4.78 is 0. The fourth-order valence-corrected chi connectivity index (χ4v) is 4.08. The van der Waals surface area contributed by atoms with Crippen molar-refractivity contribution >= 4 is 5.91 Å². The lowest BCUT2D eigenvalue weighted by atomic mass is 9.74. The molecule has 0 spiro atoms. The molecular formula is C24H32N2O2. The van der Waals surface area contributed by atoms with E-state index in [0.717, 1.165) is 38.0 Å². The van der Waals surface area contributed by atoms with Gasteiger partial charge in [-0.3, -0.25) is 9.69 Å². The Morgan fingerprint density at radius 2 is 1.96 bits per heavy atom. The second kappa shape index (κ2) is 9.35. The van der Waals surface area contributed by atoms with E-state index in [1.807, 2.05) is 36.4 Å². The van der Waals surface area contributed by atoms with E-state index in [-0.39, 0.29) is 17.9 Å². The number of nitrogens with zero attached hydrogens (tertiary/aromatic N) is 1. The predicted molar refractivity (Wildman–Crippen MR) is 113 cm³/mol. The Morgan fingerprint density at radius 3 is 2.68 bits per heavy atom. The van der Waals surface area contributed by atoms with Crippen LogP contribution in [-0.4, -0.2) is 42.2 Å². The number of piperidine rings is 1. The summed E-state index contributed by atoms with van der Waals surface area (Å²) in [6.45, 7) is 7.66. The number of carbonyl (C=O) groups excluding carboxylic acids is 1. The van der Waals surface area contributed by atoms with Crippen LogP contribution < -0.4 is 5.32 Å². The van der Waals surface area contributed by atoms with Crippen LogP contribution in [0.15, 0.2) is 54.6 Å². The van der Waals surface area contributed by atoms with E-state index in [2.05, 4.69) is 42.3 Å². The lowest BCUT2D eigenvalue weighted by molar-refractivity contribution is 0.0849. The van der Waals surface area contributed by atoms with E-state index in [1.54, 1.807) is 0 Å². The van der Waals surface area contributed by atoms with Crippen molar-refractivity contribution in [3.05, 3.63) is 71.3 Å². The molecule has 28 heavy (non-hydrogen) atoms. The number of aliphatic hydroxyl groups excluding tert-OH is 1. The number of hydrogen-bond donors (Lipinski definition) is 2. The quantitative estimate of drug-likeness (QED) is 0.772. The van der Waals surface area contributed by atoms with E-state index in [1.165, 1.54) is 5.56 Å². The van der Waals surface area contributed by atoms with Crippen molar-refractivity contribution in [3.8, 4) is 0 Å². The minimum atomic E-state index is -0.203. The number of carbonyl (C=O) groups is 1. The van der Waals surface area contributed by atoms with Crippen molar-refractivity contribution in [1.29, 1.82) is 0 Å². The minimum Gasteiger partial charge on any atom is -0.395 e. The highest BCUT2D eigenvalue weighted by molar-refractivity contribution is 5.94. The molecule has 0 bridgehead atoms. The SMILES string of the molecule is CC(C)CNC(=O)c1cccc(CN2CCCC(CO)(c3ccccc3)C2)c1. The summed E-state index contributed by atoms with van der Waals surface area (Å²) in [7, 11) is 0. The molecule has 0 radical (unpaired) electrons. The molecule has 150 valence electrons. The van der Waals surface area contributed by atoms with Crippen LogP contribution in [-0.2, 0) is 12.0 Å². The van der Waals surface area contributed by atoms with Crippen molar-refractivity contribution in [1.82, 2.24) is 10.2 Å². The van der Waals surface area contributed by atoms with Gasteiger partial charge in [0.15, 0.2) is 0 Å². The van der Waals surface area contributed by atoms with Crippen LogP contribution in [0, 0.1) is 5.92 Å². The average Bonchev–Trinajstić information content (AvgIpc) is 2.73. The highest BCUT2D eigenvalue weighted by atomic mass is 16.3. The van der Waals surface area contributed by atoms with Crippen LogP contribution in [0.5, 0.6) is 0 Å². The molecule has 1 aliphatic heterocycles. The third-order valence-corrected chi connectivity index (χ3v) is 5.61. The normalized spacial score (nSPS) is 20.3. The minimum absolute atomic E-state index is 0.0109. The lowest BCUT2D eigenvalue weighted by Gasteiger charge is -2.42. The molecule has 1 atom stereocenters. The summed E-state index contributed by atoms with van der Waals surface area (Å²) in [5, 5.41) is 13.2. The predicted octanol–water partition coefficient (Wildman–Crippen LogP) is 3.60. The summed E-state index contributed by atoms with van der Waals surface area (Å²) in [6, 6.07) is 18.3. The van der Waals surface area contributed by atoms with Gasteiger partial charge in [-0.1, -0.05) is 56.3 Å². The topological polar surface area (TPSA) is 52.6 Å². The fourth-order valence-electron chi connectivity index (χ4n) is 4.08. The number of aliphatic hydroxyl groups is 1. The van der Waals surface area contributed by atoms with Gasteiger partial charge in [-0.15, -0.1) is 0 Å². The molecule has 2 aromatic carbocycles. The Morgan fingerprint density at radius 1 is 1.18 bits per heavy atom. The largest absolute Gasteiger partial charge is 0.395 e. The Labute approximate surface area is 168 Å². The number of likely N-dealkylation sites (tertiary alicyclic amines) is 1. The molecule has 4 heteroatoms. The third kappa shape index (κ3) is 5.00. The Kier molecular flexibility index (Phi) is 6.87. The molecule has 1 amide bonds. The monoisotopic (exact) mass is 380 g/mol. The zero-order valence-electron chi connectivity index (χ0n) is 17.0. The highest BCUT2D eigenvalue weighted by Crippen LogP contribution is 2.34. The van der Waals surface area contributed by atoms with Crippen LogP contribution >= 0.6 is 0 Å². The number of rotatable bonds is 7. The summed E-state index contributed by atoms with van der Waals surface area (Å²) in [4.78, 5) is 14.8. The molecule has 1 fully saturated rings. The van der Waals surface area contributed by atoms with Gasteiger partial charge in [0.25, 0.3) is 5.91 Å². The second-order valence-electron chi connectivity index (χ2n) is 8.42. The van der Waals surface area contributed by atoms with E-state index >= 15 is 0 Å². The Balaban J connectivity index is 1.70. The van der Waals surface area contributed by atoms with E-state index in [0.29, 0.717) is 18.0 Å². The van der Waals surface area contributed by atoms with E-state index in [9.17, 15) is 9.90 Å². The van der Waals surface area contributed by atoms with Crippen molar-refractivity contribution in [2.24, 2.45) is 5.92 Å². The second-order valence-corrected chi connectivity index (χ2v) is 8.42. The molecule has 0 aliphatic carbocycles. The Hall–Kier alpha value is -2.17. The van der Waals surface area contributed by atoms with Crippen LogP contribution in [0.1, 0.15) is 48.2 Å². The van der Waals surface area contributed by atoms with E-state index < -0.39 is 0 Å². The van der Waals surface area contributed by atoms with Crippen molar-refractivity contribution in [2.75, 3.05) is 26.2 Å². The van der Waals surface area contributed by atoms with Gasteiger partial charge in [-0.25, -0.2) is 0 Å². The van der Waals surface area contributed by atoms with Gasteiger partial charge in [0.2, 0.25) is 0 Å². The van der Waals surface area contributed by atoms with Gasteiger partial charge in [-0.2, -0.15) is 0 Å². The summed E-state index contributed by atoms with van der Waals surface area (Å²) >= 11 is 0. The maximum absolute atomic E-state index is 12.4. The molecule has 1 heterocycles. The molecule has 1 saturated heterocycles. The third-order valence-electron chi connectivity index (χ3n) is 5.61. The number of hydrogen-bond acceptors (Lipinski definition) is 3. The lowest BCUT2D eigenvalue weighted by Crippen LogP contribution is -2.48.